The molecule has 1 aromatic heterocycles. The van der Waals surface area contributed by atoms with Crippen LogP contribution in [0.3, 0.4) is 0 Å². The maximum atomic E-state index is 12.8. The Morgan fingerprint density at radius 1 is 0.926 bits per heavy atom. The predicted octanol–water partition coefficient (Wildman–Crippen LogP) is 4.28. The second-order valence-corrected chi connectivity index (χ2v) is 7.34. The van der Waals surface area contributed by atoms with Crippen molar-refractivity contribution in [1.29, 1.82) is 0 Å². The number of pyridine rings is 1. The summed E-state index contributed by atoms with van der Waals surface area (Å²) in [5.74, 6) is -0.384. The van der Waals surface area contributed by atoms with E-state index in [-0.39, 0.29) is 17.5 Å². The van der Waals surface area contributed by atoms with E-state index in [1.54, 1.807) is 18.2 Å². The highest BCUT2D eigenvalue weighted by Gasteiger charge is 2.20. The van der Waals surface area contributed by atoms with E-state index >= 15 is 0 Å². The first-order valence-corrected chi connectivity index (χ1v) is 9.61. The van der Waals surface area contributed by atoms with Crippen LogP contribution < -0.4 is 5.32 Å². The fraction of sp³-hybridized carbons (Fsp3) is 0.409. The van der Waals surface area contributed by atoms with E-state index in [9.17, 15) is 9.59 Å². The third kappa shape index (κ3) is 4.54. The molecule has 1 N–H and O–H groups in total. The average Bonchev–Trinajstić information content (AvgIpc) is 2.93. The van der Waals surface area contributed by atoms with E-state index in [1.165, 1.54) is 0 Å². The van der Waals surface area contributed by atoms with Gasteiger partial charge in [-0.25, -0.2) is 4.98 Å². The van der Waals surface area contributed by atoms with Crippen molar-refractivity contribution in [3.8, 4) is 0 Å². The molecule has 3 rings (SSSR count). The lowest BCUT2D eigenvalue weighted by Gasteiger charge is -2.20. The van der Waals surface area contributed by atoms with Crippen LogP contribution in [0.2, 0.25) is 0 Å². The van der Waals surface area contributed by atoms with Crippen molar-refractivity contribution >= 4 is 17.5 Å². The first-order valence-electron chi connectivity index (χ1n) is 9.61. The first-order chi connectivity index (χ1) is 13.0. The molecule has 1 fully saturated rings. The number of rotatable bonds is 3. The molecule has 0 bridgehead atoms. The smallest absolute Gasteiger partial charge is 0.274 e. The van der Waals surface area contributed by atoms with Crippen molar-refractivity contribution in [3.63, 3.8) is 0 Å². The summed E-state index contributed by atoms with van der Waals surface area (Å²) in [7, 11) is 0. The Labute approximate surface area is 160 Å². The summed E-state index contributed by atoms with van der Waals surface area (Å²) >= 11 is 0. The van der Waals surface area contributed by atoms with Crippen LogP contribution in [-0.2, 0) is 0 Å². The molecule has 2 amide bonds. The Kier molecular flexibility index (Phi) is 5.89. The zero-order valence-electron chi connectivity index (χ0n) is 16.3. The fourth-order valence-electron chi connectivity index (χ4n) is 3.67. The minimum Gasteiger partial charge on any atom is -0.337 e. The van der Waals surface area contributed by atoms with Crippen molar-refractivity contribution in [2.45, 2.75) is 46.5 Å². The van der Waals surface area contributed by atoms with Gasteiger partial charge in [-0.15, -0.1) is 0 Å². The number of hydrogen-bond donors (Lipinski definition) is 1. The van der Waals surface area contributed by atoms with E-state index in [1.807, 2.05) is 37.8 Å². The van der Waals surface area contributed by atoms with Crippen LogP contribution in [0.25, 0.3) is 0 Å². The molecule has 2 aromatic rings. The monoisotopic (exact) mass is 365 g/mol. The quantitative estimate of drug-likeness (QED) is 0.883. The van der Waals surface area contributed by atoms with E-state index in [2.05, 4.69) is 10.3 Å². The van der Waals surface area contributed by atoms with Crippen LogP contribution >= 0.6 is 0 Å². The van der Waals surface area contributed by atoms with E-state index in [0.717, 1.165) is 61.2 Å². The topological polar surface area (TPSA) is 62.3 Å². The number of likely N-dealkylation sites (tertiary alicyclic amines) is 1. The molecule has 27 heavy (non-hydrogen) atoms. The molecule has 142 valence electrons. The van der Waals surface area contributed by atoms with Crippen LogP contribution in [0.1, 0.15) is 63.4 Å². The summed E-state index contributed by atoms with van der Waals surface area (Å²) < 4.78 is 0. The SMILES string of the molecule is Cc1cc(C)c(NC(=O)c2cccc(C(=O)N3CCCCCC3)n2)c(C)c1. The number of anilines is 1. The molecule has 1 aliphatic heterocycles. The highest BCUT2D eigenvalue weighted by molar-refractivity contribution is 6.04. The first kappa shape index (κ1) is 19.1. The fourth-order valence-corrected chi connectivity index (χ4v) is 3.67. The molecular weight excluding hydrogens is 338 g/mol. The van der Waals surface area contributed by atoms with Crippen molar-refractivity contribution in [3.05, 3.63) is 58.4 Å². The van der Waals surface area contributed by atoms with Crippen molar-refractivity contribution in [1.82, 2.24) is 9.88 Å². The highest BCUT2D eigenvalue weighted by Crippen LogP contribution is 2.22. The minimum atomic E-state index is -0.296. The van der Waals surface area contributed by atoms with Gasteiger partial charge in [0.05, 0.1) is 0 Å². The number of carbonyl (C=O) groups excluding carboxylic acids is 2. The zero-order valence-corrected chi connectivity index (χ0v) is 16.3. The van der Waals surface area contributed by atoms with Gasteiger partial charge in [-0.2, -0.15) is 0 Å². The molecule has 0 aliphatic carbocycles. The standard InChI is InChI=1S/C22H27N3O2/c1-15-13-16(2)20(17(3)14-15)24-21(26)18-9-8-10-19(23-18)22(27)25-11-6-4-5-7-12-25/h8-10,13-14H,4-7,11-12H2,1-3H3,(H,24,26). The van der Waals surface area contributed by atoms with Crippen molar-refractivity contribution in [2.75, 3.05) is 18.4 Å². The Bertz CT molecular complexity index is 829. The van der Waals surface area contributed by atoms with Gasteiger partial charge in [0.1, 0.15) is 11.4 Å². The zero-order chi connectivity index (χ0) is 19.4. The summed E-state index contributed by atoms with van der Waals surface area (Å²) in [4.78, 5) is 31.7. The van der Waals surface area contributed by atoms with Crippen LogP contribution in [-0.4, -0.2) is 34.8 Å². The maximum absolute atomic E-state index is 12.8. The second-order valence-electron chi connectivity index (χ2n) is 7.34. The summed E-state index contributed by atoms with van der Waals surface area (Å²) in [5.41, 5.74) is 4.58. The molecule has 1 saturated heterocycles. The molecule has 5 nitrogen and oxygen atoms in total. The normalized spacial score (nSPS) is 14.6. The van der Waals surface area contributed by atoms with Gasteiger partial charge in [-0.1, -0.05) is 36.6 Å². The molecule has 2 heterocycles. The lowest BCUT2D eigenvalue weighted by molar-refractivity contribution is 0.0755. The largest absolute Gasteiger partial charge is 0.337 e. The number of benzene rings is 1. The van der Waals surface area contributed by atoms with E-state index < -0.39 is 0 Å². The summed E-state index contributed by atoms with van der Waals surface area (Å²) in [6.45, 7) is 7.51. The number of nitrogens with one attached hydrogen (secondary N) is 1. The Hall–Kier alpha value is -2.69. The van der Waals surface area contributed by atoms with E-state index in [0.29, 0.717) is 5.69 Å². The number of nitrogens with zero attached hydrogens (tertiary/aromatic N) is 2. The van der Waals surface area contributed by atoms with Gasteiger partial charge in [0.25, 0.3) is 11.8 Å². The second kappa shape index (κ2) is 8.33. The summed E-state index contributed by atoms with van der Waals surface area (Å²) in [6.07, 6.45) is 4.37. The molecule has 0 unspecified atom stereocenters. The Balaban J connectivity index is 1.79. The molecule has 5 heteroatoms. The molecule has 1 aromatic carbocycles. The third-order valence-corrected chi connectivity index (χ3v) is 5.01. The van der Waals surface area contributed by atoms with Crippen LogP contribution in [0.5, 0.6) is 0 Å². The van der Waals surface area contributed by atoms with Gasteiger partial charge < -0.3 is 10.2 Å². The van der Waals surface area contributed by atoms with Gasteiger partial charge >= 0.3 is 0 Å². The molecule has 0 radical (unpaired) electrons. The molecule has 1 aliphatic rings. The Morgan fingerprint density at radius 3 is 2.15 bits per heavy atom. The minimum absolute atomic E-state index is 0.0887. The highest BCUT2D eigenvalue weighted by atomic mass is 16.2. The van der Waals surface area contributed by atoms with Crippen LogP contribution in [0, 0.1) is 20.8 Å². The van der Waals surface area contributed by atoms with Gasteiger partial charge in [0, 0.05) is 18.8 Å². The van der Waals surface area contributed by atoms with Crippen molar-refractivity contribution < 1.29 is 9.59 Å². The molecular formula is C22H27N3O2. The van der Waals surface area contributed by atoms with E-state index in [4.69, 9.17) is 0 Å². The third-order valence-electron chi connectivity index (χ3n) is 5.01. The molecule has 0 atom stereocenters. The van der Waals surface area contributed by atoms with Crippen LogP contribution in [0.15, 0.2) is 30.3 Å². The number of aromatic nitrogens is 1. The Morgan fingerprint density at radius 2 is 1.52 bits per heavy atom. The van der Waals surface area contributed by atoms with Crippen LogP contribution in [0.4, 0.5) is 5.69 Å². The van der Waals surface area contributed by atoms with Gasteiger partial charge in [0.15, 0.2) is 0 Å². The number of carbonyl (C=O) groups is 2. The summed E-state index contributed by atoms with van der Waals surface area (Å²) in [6, 6.07) is 9.13. The molecule has 0 saturated carbocycles. The van der Waals surface area contributed by atoms with Gasteiger partial charge in [-0.05, 0) is 56.9 Å². The van der Waals surface area contributed by atoms with Gasteiger partial charge in [0.2, 0.25) is 0 Å². The summed E-state index contributed by atoms with van der Waals surface area (Å²) in [5, 5.41) is 2.95. The maximum Gasteiger partial charge on any atom is 0.274 e. The molecule has 0 spiro atoms. The number of amides is 2. The number of hydrogen-bond acceptors (Lipinski definition) is 3. The average molecular weight is 365 g/mol. The number of aryl methyl sites for hydroxylation is 3. The predicted molar refractivity (Wildman–Crippen MR) is 107 cm³/mol. The van der Waals surface area contributed by atoms with Crippen molar-refractivity contribution in [2.24, 2.45) is 0 Å². The lowest BCUT2D eigenvalue weighted by atomic mass is 10.0. The van der Waals surface area contributed by atoms with Gasteiger partial charge in [-0.3, -0.25) is 9.59 Å². The lowest BCUT2D eigenvalue weighted by Crippen LogP contribution is -2.32.